The van der Waals surface area contributed by atoms with E-state index in [1.54, 1.807) is 23.0 Å². The molecule has 0 amide bonds. The molecule has 9 heteroatoms. The Morgan fingerprint density at radius 2 is 1.93 bits per heavy atom. The van der Waals surface area contributed by atoms with Crippen LogP contribution in [0.2, 0.25) is 0 Å². The maximum Gasteiger partial charge on any atom is 0.405 e. The normalized spacial score (nSPS) is 14.4. The molecule has 1 heterocycles. The van der Waals surface area contributed by atoms with Crippen LogP contribution in [0.3, 0.4) is 0 Å². The van der Waals surface area contributed by atoms with Gasteiger partial charge in [0.15, 0.2) is 5.78 Å². The Morgan fingerprint density at radius 3 is 2.62 bits per heavy atom. The van der Waals surface area contributed by atoms with E-state index in [9.17, 15) is 27.5 Å². The fourth-order valence-corrected chi connectivity index (χ4v) is 5.36. The number of allylic oxidation sites excluding steroid dienone is 4. The van der Waals surface area contributed by atoms with Crippen molar-refractivity contribution in [3.8, 4) is 5.75 Å². The fraction of sp³-hybridized carbons (Fsp3) is 0.394. The minimum absolute atomic E-state index is 0.0169. The van der Waals surface area contributed by atoms with E-state index in [-0.39, 0.29) is 34.5 Å². The smallest absolute Gasteiger partial charge is 0.405 e. The molecule has 2 N–H and O–H groups in total. The molecule has 1 aliphatic carbocycles. The first kappa shape index (κ1) is 31.1. The topological polar surface area (TPSA) is 67.2 Å². The summed E-state index contributed by atoms with van der Waals surface area (Å²) in [6.45, 7) is 5.09. The van der Waals surface area contributed by atoms with E-state index in [2.05, 4.69) is 30.0 Å². The first-order chi connectivity index (χ1) is 20.0. The van der Waals surface area contributed by atoms with Crippen molar-refractivity contribution in [1.29, 1.82) is 0 Å². The lowest BCUT2D eigenvalue weighted by atomic mass is 9.94. The van der Waals surface area contributed by atoms with E-state index in [1.165, 1.54) is 6.07 Å². The number of halogens is 4. The van der Waals surface area contributed by atoms with Crippen molar-refractivity contribution in [2.24, 2.45) is 5.92 Å². The number of hydrogen-bond acceptors (Lipinski definition) is 4. The second kappa shape index (κ2) is 13.9. The molecule has 3 aromatic rings. The molecule has 0 fully saturated rings. The molecule has 224 valence electrons. The summed E-state index contributed by atoms with van der Waals surface area (Å²) in [6, 6.07) is 10.7. The Hall–Kier alpha value is -3.88. The van der Waals surface area contributed by atoms with Gasteiger partial charge < -0.3 is 10.4 Å². The van der Waals surface area contributed by atoms with Crippen LogP contribution in [-0.4, -0.2) is 33.4 Å². The number of Topliss-reactive ketones (excluding diaryl/α,β-unsaturated/α-hetero) is 1. The summed E-state index contributed by atoms with van der Waals surface area (Å²) in [5.74, 6) is 0.0973. The van der Waals surface area contributed by atoms with Crippen LogP contribution in [-0.2, 0) is 13.0 Å². The van der Waals surface area contributed by atoms with Gasteiger partial charge in [-0.25, -0.2) is 4.39 Å². The van der Waals surface area contributed by atoms with E-state index in [4.69, 9.17) is 0 Å². The number of nitrogens with zero attached hydrogens (tertiary/aromatic N) is 2. The largest absolute Gasteiger partial charge is 0.506 e. The summed E-state index contributed by atoms with van der Waals surface area (Å²) in [6.07, 6.45) is 6.67. The molecule has 0 saturated carbocycles. The molecule has 4 rings (SSSR count). The van der Waals surface area contributed by atoms with Gasteiger partial charge in [-0.05, 0) is 67.4 Å². The van der Waals surface area contributed by atoms with Gasteiger partial charge in [0.25, 0.3) is 0 Å². The zero-order valence-electron chi connectivity index (χ0n) is 23.8. The lowest BCUT2D eigenvalue weighted by Gasteiger charge is -2.16. The zero-order chi connectivity index (χ0) is 30.3. The maximum atomic E-state index is 13.5. The van der Waals surface area contributed by atoms with Crippen molar-refractivity contribution in [2.75, 3.05) is 6.54 Å². The third-order valence-electron chi connectivity index (χ3n) is 7.51. The highest BCUT2D eigenvalue weighted by Crippen LogP contribution is 2.32. The summed E-state index contributed by atoms with van der Waals surface area (Å²) in [4.78, 5) is 12.8. The van der Waals surface area contributed by atoms with Gasteiger partial charge in [-0.3, -0.25) is 9.48 Å². The molecule has 5 nitrogen and oxygen atoms in total. The molecule has 0 aliphatic heterocycles. The summed E-state index contributed by atoms with van der Waals surface area (Å²) < 4.78 is 53.0. The Kier molecular flexibility index (Phi) is 10.2. The van der Waals surface area contributed by atoms with E-state index in [0.717, 1.165) is 43.2 Å². The minimum Gasteiger partial charge on any atom is -0.506 e. The van der Waals surface area contributed by atoms with Crippen LogP contribution in [0.5, 0.6) is 5.75 Å². The molecule has 1 aromatic heterocycles. The number of carbonyl (C=O) groups is 1. The van der Waals surface area contributed by atoms with Gasteiger partial charge in [0, 0.05) is 42.4 Å². The summed E-state index contributed by atoms with van der Waals surface area (Å²) in [5, 5.41) is 17.9. The number of phenolic OH excluding ortho intramolecular Hbond substituents is 1. The van der Waals surface area contributed by atoms with Crippen LogP contribution < -0.4 is 5.32 Å². The Labute approximate surface area is 243 Å². The van der Waals surface area contributed by atoms with Crippen molar-refractivity contribution in [2.45, 2.75) is 71.0 Å². The molecular formula is C33H37F4N3O2. The third kappa shape index (κ3) is 8.57. The van der Waals surface area contributed by atoms with Crippen LogP contribution in [0, 0.1) is 5.92 Å². The molecule has 42 heavy (non-hydrogen) atoms. The quantitative estimate of drug-likeness (QED) is 0.148. The average Bonchev–Trinajstić information content (AvgIpc) is 3.35. The van der Waals surface area contributed by atoms with Crippen LogP contribution in [0.25, 0.3) is 16.6 Å². The highest BCUT2D eigenvalue weighted by molar-refractivity contribution is 5.96. The first-order valence-corrected chi connectivity index (χ1v) is 14.4. The number of fused-ring (bicyclic) bond motifs is 1. The van der Waals surface area contributed by atoms with Gasteiger partial charge in [0.05, 0.1) is 10.9 Å². The standard InChI is InChI=1S/C33H37F4N3O2/c1-3-6-24(7-5-10-31(41)26-13-11-23(12-14-26)17-25-8-4-9-27(34)18-25)19-40-20-29-30(39-40)16-15-28(32(29)42)22(2)38-21-33(35,36)37/h8,11-16,18,20,24,38,42H,2-7,9-10,17,19,21H2,1H3. The number of aromatic hydroxyl groups is 1. The Bertz CT molecular complexity index is 1470. The van der Waals surface area contributed by atoms with Crippen molar-refractivity contribution in [1.82, 2.24) is 15.1 Å². The predicted octanol–water partition coefficient (Wildman–Crippen LogP) is 8.45. The van der Waals surface area contributed by atoms with Crippen LogP contribution >= 0.6 is 0 Å². The second-order valence-electron chi connectivity index (χ2n) is 10.9. The maximum absolute atomic E-state index is 13.5. The number of benzene rings is 2. The predicted molar refractivity (Wildman–Crippen MR) is 158 cm³/mol. The average molecular weight is 584 g/mol. The fourth-order valence-electron chi connectivity index (χ4n) is 5.36. The Balaban J connectivity index is 1.32. The number of rotatable bonds is 14. The van der Waals surface area contributed by atoms with E-state index < -0.39 is 12.7 Å². The van der Waals surface area contributed by atoms with Crippen molar-refractivity contribution in [3.05, 3.63) is 89.4 Å². The van der Waals surface area contributed by atoms with Gasteiger partial charge in [0.2, 0.25) is 0 Å². The van der Waals surface area contributed by atoms with Crippen molar-refractivity contribution < 1.29 is 27.5 Å². The molecule has 1 atom stereocenters. The summed E-state index contributed by atoms with van der Waals surface area (Å²) in [5.41, 5.74) is 3.38. The van der Waals surface area contributed by atoms with Gasteiger partial charge in [-0.15, -0.1) is 0 Å². The monoisotopic (exact) mass is 583 g/mol. The molecule has 0 spiro atoms. The van der Waals surface area contributed by atoms with E-state index in [0.29, 0.717) is 42.3 Å². The first-order valence-electron chi connectivity index (χ1n) is 14.4. The van der Waals surface area contributed by atoms with Crippen LogP contribution in [0.4, 0.5) is 17.6 Å². The molecular weight excluding hydrogens is 546 g/mol. The highest BCUT2D eigenvalue weighted by atomic mass is 19.4. The van der Waals surface area contributed by atoms with Crippen molar-refractivity contribution >= 4 is 22.4 Å². The molecule has 1 unspecified atom stereocenters. The Morgan fingerprint density at radius 1 is 1.17 bits per heavy atom. The number of aromatic nitrogens is 2. The molecule has 1 aliphatic rings. The summed E-state index contributed by atoms with van der Waals surface area (Å²) >= 11 is 0. The van der Waals surface area contributed by atoms with Gasteiger partial charge in [0.1, 0.15) is 18.1 Å². The SMILES string of the molecule is C=C(NCC(F)(F)F)c1ccc2nn(CC(CCC)CCCC(=O)c3ccc(CC4=CCCC(F)=C4)cc3)cc2c1O. The number of alkyl halides is 3. The summed E-state index contributed by atoms with van der Waals surface area (Å²) in [7, 11) is 0. The second-order valence-corrected chi connectivity index (χ2v) is 10.9. The number of phenols is 1. The minimum atomic E-state index is -4.40. The lowest BCUT2D eigenvalue weighted by Crippen LogP contribution is -2.27. The molecule has 0 saturated heterocycles. The van der Waals surface area contributed by atoms with Crippen LogP contribution in [0.15, 0.2) is 72.7 Å². The van der Waals surface area contributed by atoms with Crippen molar-refractivity contribution in [3.63, 3.8) is 0 Å². The van der Waals surface area contributed by atoms with E-state index in [1.807, 2.05) is 24.3 Å². The van der Waals surface area contributed by atoms with Gasteiger partial charge >= 0.3 is 6.18 Å². The number of nitrogens with one attached hydrogen (secondary N) is 1. The molecule has 0 bridgehead atoms. The van der Waals surface area contributed by atoms with Gasteiger partial charge in [-0.2, -0.15) is 18.3 Å². The number of ketones is 1. The molecule has 2 aromatic carbocycles. The highest BCUT2D eigenvalue weighted by Gasteiger charge is 2.27. The lowest BCUT2D eigenvalue weighted by molar-refractivity contribution is -0.122. The van der Waals surface area contributed by atoms with Gasteiger partial charge in [-0.1, -0.05) is 50.3 Å². The number of hydrogen-bond donors (Lipinski definition) is 2. The number of carbonyl (C=O) groups excluding carboxylic acids is 1. The molecule has 0 radical (unpaired) electrons. The third-order valence-corrected chi connectivity index (χ3v) is 7.51. The van der Waals surface area contributed by atoms with Crippen LogP contribution in [0.1, 0.15) is 73.4 Å². The van der Waals surface area contributed by atoms with E-state index >= 15 is 0 Å². The zero-order valence-corrected chi connectivity index (χ0v) is 23.8.